The SMILES string of the molecule is O=C(CCS(=O)(=O)c1ccc(F)cc1)Nc1c2c(nn1-c1ccccc1)CCC2. The second kappa shape index (κ2) is 7.79. The van der Waals surface area contributed by atoms with E-state index < -0.39 is 21.6 Å². The lowest BCUT2D eigenvalue weighted by atomic mass is 10.2. The number of para-hydroxylation sites is 1. The van der Waals surface area contributed by atoms with Gasteiger partial charge in [-0.3, -0.25) is 4.79 Å². The van der Waals surface area contributed by atoms with E-state index in [0.717, 1.165) is 48.3 Å². The van der Waals surface area contributed by atoms with Crippen LogP contribution in [0.5, 0.6) is 0 Å². The van der Waals surface area contributed by atoms with Crippen molar-refractivity contribution >= 4 is 21.6 Å². The highest BCUT2D eigenvalue weighted by Crippen LogP contribution is 2.31. The highest BCUT2D eigenvalue weighted by Gasteiger charge is 2.25. The molecule has 0 fully saturated rings. The van der Waals surface area contributed by atoms with Crippen molar-refractivity contribution in [2.45, 2.75) is 30.6 Å². The van der Waals surface area contributed by atoms with E-state index in [2.05, 4.69) is 10.4 Å². The number of hydrogen-bond donors (Lipinski definition) is 1. The molecule has 6 nitrogen and oxygen atoms in total. The van der Waals surface area contributed by atoms with Crippen LogP contribution in [0.1, 0.15) is 24.1 Å². The molecule has 1 heterocycles. The van der Waals surface area contributed by atoms with Crippen molar-refractivity contribution in [1.82, 2.24) is 9.78 Å². The lowest BCUT2D eigenvalue weighted by molar-refractivity contribution is -0.115. The van der Waals surface area contributed by atoms with E-state index in [1.165, 1.54) is 12.1 Å². The molecule has 0 spiro atoms. The molecule has 8 heteroatoms. The minimum absolute atomic E-state index is 0.00178. The molecular formula is C21H20FN3O3S. The number of nitrogens with zero attached hydrogens (tertiary/aromatic N) is 2. The maximum atomic E-state index is 13.0. The van der Waals surface area contributed by atoms with Gasteiger partial charge in [-0.05, 0) is 55.7 Å². The summed E-state index contributed by atoms with van der Waals surface area (Å²) in [6.07, 6.45) is 2.46. The minimum atomic E-state index is -3.67. The lowest BCUT2D eigenvalue weighted by Gasteiger charge is -2.11. The summed E-state index contributed by atoms with van der Waals surface area (Å²) in [6, 6.07) is 14.1. The van der Waals surface area contributed by atoms with Gasteiger partial charge in [-0.1, -0.05) is 18.2 Å². The van der Waals surface area contributed by atoms with E-state index in [1.807, 2.05) is 30.3 Å². The van der Waals surface area contributed by atoms with Gasteiger partial charge in [0, 0.05) is 12.0 Å². The van der Waals surface area contributed by atoms with Crippen LogP contribution in [0, 0.1) is 5.82 Å². The number of aromatic nitrogens is 2. The third-order valence-corrected chi connectivity index (χ3v) is 6.67. The molecule has 150 valence electrons. The third-order valence-electron chi connectivity index (χ3n) is 4.94. The first kappa shape index (κ1) is 19.3. The maximum absolute atomic E-state index is 13.0. The van der Waals surface area contributed by atoms with Gasteiger partial charge in [0.2, 0.25) is 5.91 Å². The van der Waals surface area contributed by atoms with E-state index in [9.17, 15) is 17.6 Å². The maximum Gasteiger partial charge on any atom is 0.226 e. The molecule has 0 radical (unpaired) electrons. The first-order valence-electron chi connectivity index (χ1n) is 9.38. The van der Waals surface area contributed by atoms with Crippen molar-refractivity contribution in [1.29, 1.82) is 0 Å². The molecule has 1 aliphatic rings. The predicted octanol–water partition coefficient (Wildman–Crippen LogP) is 3.30. The van der Waals surface area contributed by atoms with Gasteiger partial charge in [0.25, 0.3) is 0 Å². The van der Waals surface area contributed by atoms with Crippen LogP contribution >= 0.6 is 0 Å². The number of amides is 1. The highest BCUT2D eigenvalue weighted by molar-refractivity contribution is 7.91. The summed E-state index contributed by atoms with van der Waals surface area (Å²) in [5.41, 5.74) is 2.79. The Labute approximate surface area is 168 Å². The van der Waals surface area contributed by atoms with Crippen LogP contribution < -0.4 is 5.32 Å². The molecule has 0 saturated carbocycles. The third kappa shape index (κ3) is 4.07. The Balaban J connectivity index is 1.51. The fourth-order valence-corrected chi connectivity index (χ4v) is 4.70. The number of rotatable bonds is 6. The fraction of sp³-hybridized carbons (Fsp3) is 0.238. The van der Waals surface area contributed by atoms with Gasteiger partial charge in [-0.25, -0.2) is 17.5 Å². The first-order valence-corrected chi connectivity index (χ1v) is 11.0. The number of hydrogen-bond acceptors (Lipinski definition) is 4. The van der Waals surface area contributed by atoms with Gasteiger partial charge in [-0.2, -0.15) is 5.10 Å². The van der Waals surface area contributed by atoms with Crippen molar-refractivity contribution in [3.63, 3.8) is 0 Å². The number of fused-ring (bicyclic) bond motifs is 1. The number of nitrogens with one attached hydrogen (secondary N) is 1. The zero-order chi connectivity index (χ0) is 20.4. The standard InChI is InChI=1S/C21H20FN3O3S/c22-15-9-11-17(12-10-15)29(27,28)14-13-20(26)23-21-18-7-4-8-19(18)24-25(21)16-5-2-1-3-6-16/h1-3,5-6,9-12H,4,7-8,13-14H2,(H,23,26). The van der Waals surface area contributed by atoms with E-state index in [0.29, 0.717) is 5.82 Å². The van der Waals surface area contributed by atoms with E-state index in [1.54, 1.807) is 4.68 Å². The Morgan fingerprint density at radius 3 is 2.52 bits per heavy atom. The smallest absolute Gasteiger partial charge is 0.226 e. The molecule has 1 N–H and O–H groups in total. The summed E-state index contributed by atoms with van der Waals surface area (Å²) in [5.74, 6) is -0.661. The summed E-state index contributed by atoms with van der Waals surface area (Å²) >= 11 is 0. The van der Waals surface area contributed by atoms with Gasteiger partial charge in [-0.15, -0.1) is 0 Å². The molecule has 0 atom stereocenters. The number of sulfone groups is 1. The van der Waals surface area contributed by atoms with Crippen molar-refractivity contribution < 1.29 is 17.6 Å². The van der Waals surface area contributed by atoms with Gasteiger partial charge >= 0.3 is 0 Å². The van der Waals surface area contributed by atoms with Crippen molar-refractivity contribution in [2.75, 3.05) is 11.1 Å². The molecular weight excluding hydrogens is 393 g/mol. The normalized spacial score (nSPS) is 13.3. The molecule has 0 unspecified atom stereocenters. The molecule has 0 aliphatic heterocycles. The van der Waals surface area contributed by atoms with Crippen molar-refractivity contribution in [3.05, 3.63) is 71.7 Å². The van der Waals surface area contributed by atoms with Gasteiger partial charge < -0.3 is 5.32 Å². The molecule has 4 rings (SSSR count). The number of aryl methyl sites for hydroxylation is 1. The summed E-state index contributed by atoms with van der Waals surface area (Å²) in [4.78, 5) is 12.6. The minimum Gasteiger partial charge on any atom is -0.310 e. The van der Waals surface area contributed by atoms with Crippen LogP contribution in [0.4, 0.5) is 10.2 Å². The quantitative estimate of drug-likeness (QED) is 0.629. The zero-order valence-electron chi connectivity index (χ0n) is 15.6. The Hall–Kier alpha value is -3.00. The van der Waals surface area contributed by atoms with Crippen molar-refractivity contribution in [2.24, 2.45) is 0 Å². The van der Waals surface area contributed by atoms with Gasteiger partial charge in [0.1, 0.15) is 11.6 Å². The zero-order valence-corrected chi connectivity index (χ0v) is 16.5. The number of carbonyl (C=O) groups is 1. The first-order chi connectivity index (χ1) is 13.9. The topological polar surface area (TPSA) is 81.1 Å². The summed E-state index contributed by atoms with van der Waals surface area (Å²) in [5, 5.41) is 7.49. The molecule has 0 bridgehead atoms. The Kier molecular flexibility index (Phi) is 5.19. The monoisotopic (exact) mass is 413 g/mol. The summed E-state index contributed by atoms with van der Waals surface area (Å²) in [6.45, 7) is 0. The van der Waals surface area contributed by atoms with E-state index >= 15 is 0 Å². The largest absolute Gasteiger partial charge is 0.310 e. The van der Waals surface area contributed by atoms with Crippen molar-refractivity contribution in [3.8, 4) is 5.69 Å². The Morgan fingerprint density at radius 2 is 1.79 bits per heavy atom. The number of carbonyl (C=O) groups excluding carboxylic acids is 1. The van der Waals surface area contributed by atoms with Crippen LogP contribution in [0.25, 0.3) is 5.69 Å². The van der Waals surface area contributed by atoms with Crippen LogP contribution in [0.15, 0.2) is 59.5 Å². The van der Waals surface area contributed by atoms with E-state index in [4.69, 9.17) is 0 Å². The average Bonchev–Trinajstić information content (AvgIpc) is 3.30. The summed E-state index contributed by atoms with van der Waals surface area (Å²) < 4.78 is 39.5. The Bertz CT molecular complexity index is 1140. The number of halogens is 1. The molecule has 1 amide bonds. The second-order valence-corrected chi connectivity index (χ2v) is 9.05. The summed E-state index contributed by atoms with van der Waals surface area (Å²) in [7, 11) is -3.67. The second-order valence-electron chi connectivity index (χ2n) is 6.95. The molecule has 2 aromatic carbocycles. The Morgan fingerprint density at radius 1 is 1.07 bits per heavy atom. The van der Waals surface area contributed by atoms with Crippen LogP contribution in [0.2, 0.25) is 0 Å². The lowest BCUT2D eigenvalue weighted by Crippen LogP contribution is -2.20. The predicted molar refractivity (Wildman–Crippen MR) is 107 cm³/mol. The van der Waals surface area contributed by atoms with Gasteiger partial charge in [0.05, 0.1) is 22.0 Å². The number of anilines is 1. The van der Waals surface area contributed by atoms with E-state index in [-0.39, 0.29) is 17.1 Å². The average molecular weight is 413 g/mol. The van der Waals surface area contributed by atoms with Crippen LogP contribution in [0.3, 0.4) is 0 Å². The molecule has 1 aliphatic carbocycles. The van der Waals surface area contributed by atoms with Crippen LogP contribution in [-0.2, 0) is 27.5 Å². The molecule has 1 aromatic heterocycles. The molecule has 29 heavy (non-hydrogen) atoms. The van der Waals surface area contributed by atoms with Gasteiger partial charge in [0.15, 0.2) is 9.84 Å². The van der Waals surface area contributed by atoms with Crippen LogP contribution in [-0.4, -0.2) is 29.9 Å². The number of benzene rings is 2. The molecule has 0 saturated heterocycles. The highest BCUT2D eigenvalue weighted by atomic mass is 32.2. The molecule has 3 aromatic rings. The fourth-order valence-electron chi connectivity index (χ4n) is 3.46.